The summed E-state index contributed by atoms with van der Waals surface area (Å²) in [5, 5.41) is 13.6. The van der Waals surface area contributed by atoms with Crippen molar-refractivity contribution in [2.75, 3.05) is 13.1 Å². The summed E-state index contributed by atoms with van der Waals surface area (Å²) in [7, 11) is 0. The van der Waals surface area contributed by atoms with E-state index < -0.39 is 11.4 Å². The number of carbonyl (C=O) groups excluding carboxylic acids is 1. The van der Waals surface area contributed by atoms with Gasteiger partial charge in [-0.1, -0.05) is 20.8 Å². The van der Waals surface area contributed by atoms with Gasteiger partial charge in [-0.15, -0.1) is 0 Å². The van der Waals surface area contributed by atoms with Gasteiger partial charge >= 0.3 is 0 Å². The first-order valence-electron chi connectivity index (χ1n) is 5.80. The minimum Gasteiger partial charge on any atom is -0.550 e. The molecule has 2 rings (SSSR count). The number of hydrogen-bond acceptors (Lipinski definition) is 2. The molecule has 3 atom stereocenters. The predicted molar refractivity (Wildman–Crippen MR) is 54.8 cm³/mol. The number of carboxylic acid groups (broad SMARTS) is 1. The maximum atomic E-state index is 11.3. The van der Waals surface area contributed by atoms with Crippen molar-refractivity contribution in [1.82, 2.24) is 0 Å². The summed E-state index contributed by atoms with van der Waals surface area (Å²) in [5.41, 5.74) is -0.254. The number of carbonyl (C=O) groups is 1. The molecule has 15 heavy (non-hydrogen) atoms. The molecule has 2 aliphatic rings. The highest BCUT2D eigenvalue weighted by molar-refractivity contribution is 5.72. The molecule has 0 aromatic carbocycles. The summed E-state index contributed by atoms with van der Waals surface area (Å²) in [6.45, 7) is 8.43. The number of piperidine rings is 1. The van der Waals surface area contributed by atoms with Crippen LogP contribution in [0.1, 0.15) is 40.0 Å². The van der Waals surface area contributed by atoms with Crippen LogP contribution < -0.4 is 10.4 Å². The number of aliphatic carboxylic acids is 1. The van der Waals surface area contributed by atoms with Crippen molar-refractivity contribution in [2.45, 2.75) is 40.0 Å². The molecule has 1 heterocycles. The van der Waals surface area contributed by atoms with Gasteiger partial charge < -0.3 is 15.2 Å². The molecule has 0 aromatic rings. The van der Waals surface area contributed by atoms with Gasteiger partial charge in [0, 0.05) is 22.2 Å². The van der Waals surface area contributed by atoms with Gasteiger partial charge in [-0.25, -0.2) is 0 Å². The summed E-state index contributed by atoms with van der Waals surface area (Å²) in [5.74, 6) is -0.860. The predicted octanol–water partition coefficient (Wildman–Crippen LogP) is -0.484. The Labute approximate surface area is 91.2 Å². The summed E-state index contributed by atoms with van der Waals surface area (Å²) in [6.07, 6.45) is 2.71. The molecule has 1 aliphatic carbocycles. The topological polar surface area (TPSA) is 56.7 Å². The molecule has 3 heteroatoms. The molecule has 86 valence electrons. The Morgan fingerprint density at radius 3 is 1.93 bits per heavy atom. The minimum atomic E-state index is -0.860. The number of rotatable bonds is 1. The first-order valence-corrected chi connectivity index (χ1v) is 5.80. The van der Waals surface area contributed by atoms with Crippen LogP contribution in [0.2, 0.25) is 0 Å². The Bertz CT molecular complexity index is 284. The monoisotopic (exact) mass is 211 g/mol. The van der Waals surface area contributed by atoms with Gasteiger partial charge in [0.25, 0.3) is 0 Å². The number of hydrogen-bond donors (Lipinski definition) is 1. The molecular formula is C12H21NO2. The zero-order valence-corrected chi connectivity index (χ0v) is 9.93. The van der Waals surface area contributed by atoms with Gasteiger partial charge in [0.15, 0.2) is 0 Å². The van der Waals surface area contributed by atoms with Crippen molar-refractivity contribution in [3.05, 3.63) is 0 Å². The first-order chi connectivity index (χ1) is 6.77. The fraction of sp³-hybridized carbons (Fsp3) is 0.917. The third-order valence-electron chi connectivity index (χ3n) is 4.25. The van der Waals surface area contributed by atoms with E-state index in [0.29, 0.717) is 0 Å². The highest BCUT2D eigenvalue weighted by Crippen LogP contribution is 2.54. The molecule has 3 nitrogen and oxygen atoms in total. The van der Waals surface area contributed by atoms with Crippen LogP contribution in [0.3, 0.4) is 0 Å². The summed E-state index contributed by atoms with van der Waals surface area (Å²) in [6, 6.07) is 0. The van der Waals surface area contributed by atoms with E-state index in [-0.39, 0.29) is 10.8 Å². The van der Waals surface area contributed by atoms with E-state index in [1.807, 2.05) is 6.92 Å². The fourth-order valence-corrected chi connectivity index (χ4v) is 4.30. The summed E-state index contributed by atoms with van der Waals surface area (Å²) in [4.78, 5) is 11.3. The van der Waals surface area contributed by atoms with E-state index >= 15 is 0 Å². The molecule has 0 amide bonds. The van der Waals surface area contributed by atoms with E-state index in [9.17, 15) is 9.90 Å². The van der Waals surface area contributed by atoms with Crippen LogP contribution >= 0.6 is 0 Å². The number of fused-ring (bicyclic) bond motifs is 2. The van der Waals surface area contributed by atoms with Crippen LogP contribution in [0.15, 0.2) is 0 Å². The molecule has 1 saturated heterocycles. The van der Waals surface area contributed by atoms with E-state index in [0.717, 1.165) is 25.9 Å². The van der Waals surface area contributed by atoms with Crippen molar-refractivity contribution >= 4 is 5.97 Å². The molecule has 1 saturated carbocycles. The molecule has 1 aliphatic heterocycles. The Morgan fingerprint density at radius 1 is 1.07 bits per heavy atom. The van der Waals surface area contributed by atoms with Gasteiger partial charge in [0.2, 0.25) is 0 Å². The van der Waals surface area contributed by atoms with E-state index in [4.69, 9.17) is 0 Å². The first kappa shape index (κ1) is 10.9. The van der Waals surface area contributed by atoms with Gasteiger partial charge in [0.05, 0.1) is 13.1 Å². The molecule has 0 spiro atoms. The molecule has 2 N–H and O–H groups in total. The second-order valence-corrected chi connectivity index (χ2v) is 6.70. The Kier molecular flexibility index (Phi) is 2.16. The second-order valence-electron chi connectivity index (χ2n) is 6.70. The van der Waals surface area contributed by atoms with Crippen molar-refractivity contribution in [1.29, 1.82) is 0 Å². The van der Waals surface area contributed by atoms with Crippen LogP contribution in [-0.4, -0.2) is 19.1 Å². The van der Waals surface area contributed by atoms with E-state index in [2.05, 4.69) is 19.2 Å². The number of carboxylic acids is 1. The SMILES string of the molecule is CC1(C(=O)[O-])C[C@]2(C)C[NH2+]C[C@](C)(C1)C2. The molecule has 0 radical (unpaired) electrons. The van der Waals surface area contributed by atoms with Crippen molar-refractivity contribution < 1.29 is 15.2 Å². The number of quaternary nitrogens is 1. The average Bonchev–Trinajstić information content (AvgIpc) is 1.98. The van der Waals surface area contributed by atoms with Gasteiger partial charge in [-0.05, 0) is 19.3 Å². The second kappa shape index (κ2) is 2.97. The smallest absolute Gasteiger partial charge is 0.0810 e. The third-order valence-corrected chi connectivity index (χ3v) is 4.25. The maximum Gasteiger partial charge on any atom is 0.0810 e. The lowest BCUT2D eigenvalue weighted by Gasteiger charge is -2.54. The van der Waals surface area contributed by atoms with Gasteiger partial charge in [-0.3, -0.25) is 0 Å². The molecule has 0 aromatic heterocycles. The Balaban J connectivity index is 2.32. The lowest BCUT2D eigenvalue weighted by molar-refractivity contribution is -0.693. The van der Waals surface area contributed by atoms with Crippen LogP contribution in [0.5, 0.6) is 0 Å². The van der Waals surface area contributed by atoms with Gasteiger partial charge in [0.1, 0.15) is 0 Å². The fourth-order valence-electron chi connectivity index (χ4n) is 4.30. The highest BCUT2D eigenvalue weighted by atomic mass is 16.4. The largest absolute Gasteiger partial charge is 0.550 e. The Morgan fingerprint density at radius 2 is 1.53 bits per heavy atom. The van der Waals surface area contributed by atoms with Crippen molar-refractivity contribution in [3.63, 3.8) is 0 Å². The van der Waals surface area contributed by atoms with Gasteiger partial charge in [-0.2, -0.15) is 0 Å². The standard InChI is InChI=1S/C12H21NO2/c1-10-4-11(2,8-13-7-10)6-12(3,5-10)9(14)15/h13H,4-8H2,1-3H3,(H,14,15)/t10-,11+,12?. The summed E-state index contributed by atoms with van der Waals surface area (Å²) >= 11 is 0. The minimum absolute atomic E-state index is 0.181. The third kappa shape index (κ3) is 1.78. The normalized spacial score (nSPS) is 50.1. The maximum absolute atomic E-state index is 11.3. The van der Waals surface area contributed by atoms with Crippen LogP contribution in [0, 0.1) is 16.2 Å². The van der Waals surface area contributed by atoms with E-state index in [1.54, 1.807) is 0 Å². The lowest BCUT2D eigenvalue weighted by Crippen LogP contribution is -2.93. The molecule has 1 unspecified atom stereocenters. The zero-order valence-electron chi connectivity index (χ0n) is 9.93. The van der Waals surface area contributed by atoms with Crippen LogP contribution in [0.25, 0.3) is 0 Å². The molecule has 2 fully saturated rings. The molecule has 2 bridgehead atoms. The van der Waals surface area contributed by atoms with E-state index in [1.165, 1.54) is 6.42 Å². The quantitative estimate of drug-likeness (QED) is 0.636. The highest BCUT2D eigenvalue weighted by Gasteiger charge is 2.53. The number of nitrogens with two attached hydrogens (primary N) is 1. The summed E-state index contributed by atoms with van der Waals surface area (Å²) < 4.78 is 0. The Hall–Kier alpha value is -0.570. The van der Waals surface area contributed by atoms with Crippen LogP contribution in [0.4, 0.5) is 0 Å². The average molecular weight is 211 g/mol. The van der Waals surface area contributed by atoms with Crippen LogP contribution in [-0.2, 0) is 4.79 Å². The zero-order chi connectivity index (χ0) is 11.3. The lowest BCUT2D eigenvalue weighted by atomic mass is 9.53. The van der Waals surface area contributed by atoms with Crippen molar-refractivity contribution in [2.24, 2.45) is 16.2 Å². The molecular weight excluding hydrogens is 190 g/mol. The van der Waals surface area contributed by atoms with Crippen molar-refractivity contribution in [3.8, 4) is 0 Å².